The van der Waals surface area contributed by atoms with Crippen LogP contribution in [0.1, 0.15) is 33.9 Å². The fourth-order valence-corrected chi connectivity index (χ4v) is 2.60. The monoisotopic (exact) mass is 253 g/mol. The Kier molecular flexibility index (Phi) is 2.95. The molecule has 2 aromatic rings. The van der Waals surface area contributed by atoms with Crippen LogP contribution in [0.4, 0.5) is 0 Å². The minimum absolute atomic E-state index is 0.0750. The van der Waals surface area contributed by atoms with E-state index in [1.807, 2.05) is 12.1 Å². The molecule has 3 nitrogen and oxygen atoms in total. The molecule has 19 heavy (non-hydrogen) atoms. The number of aromatic hydroxyl groups is 1. The molecule has 1 amide bonds. The van der Waals surface area contributed by atoms with Gasteiger partial charge >= 0.3 is 0 Å². The van der Waals surface area contributed by atoms with Gasteiger partial charge in [-0.15, -0.1) is 0 Å². The average molecular weight is 253 g/mol. The predicted molar refractivity (Wildman–Crippen MR) is 73.1 cm³/mol. The first-order valence-corrected chi connectivity index (χ1v) is 6.42. The van der Waals surface area contributed by atoms with Gasteiger partial charge in [-0.2, -0.15) is 0 Å². The van der Waals surface area contributed by atoms with Crippen LogP contribution in [0.15, 0.2) is 48.5 Å². The SMILES string of the molecule is O=C(NC1CCc2ccccc21)c1cccc(O)c1. The van der Waals surface area contributed by atoms with E-state index < -0.39 is 0 Å². The smallest absolute Gasteiger partial charge is 0.251 e. The van der Waals surface area contributed by atoms with E-state index in [9.17, 15) is 9.90 Å². The first kappa shape index (κ1) is 11.8. The Morgan fingerprint density at radius 2 is 2.00 bits per heavy atom. The molecule has 0 aliphatic heterocycles. The van der Waals surface area contributed by atoms with Crippen molar-refractivity contribution in [3.63, 3.8) is 0 Å². The molecule has 0 spiro atoms. The summed E-state index contributed by atoms with van der Waals surface area (Å²) in [6.45, 7) is 0. The highest BCUT2D eigenvalue weighted by Crippen LogP contribution is 2.30. The molecule has 0 bridgehead atoms. The van der Waals surface area contributed by atoms with Gasteiger partial charge in [-0.25, -0.2) is 0 Å². The largest absolute Gasteiger partial charge is 0.508 e. The molecule has 3 rings (SSSR count). The molecule has 0 saturated carbocycles. The van der Waals surface area contributed by atoms with Crippen LogP contribution >= 0.6 is 0 Å². The summed E-state index contributed by atoms with van der Waals surface area (Å²) in [4.78, 5) is 12.1. The second kappa shape index (κ2) is 4.76. The van der Waals surface area contributed by atoms with Crippen LogP contribution in [0.2, 0.25) is 0 Å². The summed E-state index contributed by atoms with van der Waals surface area (Å²) >= 11 is 0. The van der Waals surface area contributed by atoms with Gasteiger partial charge in [0.25, 0.3) is 5.91 Å². The molecule has 0 saturated heterocycles. The number of carbonyl (C=O) groups excluding carboxylic acids is 1. The zero-order chi connectivity index (χ0) is 13.2. The Balaban J connectivity index is 1.78. The van der Waals surface area contributed by atoms with Crippen LogP contribution in [0.3, 0.4) is 0 Å². The number of nitrogens with one attached hydrogen (secondary N) is 1. The van der Waals surface area contributed by atoms with Crippen molar-refractivity contribution in [1.29, 1.82) is 0 Å². The quantitative estimate of drug-likeness (QED) is 0.864. The molecule has 1 atom stereocenters. The molecule has 0 heterocycles. The number of benzene rings is 2. The molecule has 0 aromatic heterocycles. The predicted octanol–water partition coefficient (Wildman–Crippen LogP) is 2.81. The highest BCUT2D eigenvalue weighted by molar-refractivity contribution is 5.94. The van der Waals surface area contributed by atoms with Gasteiger partial charge in [-0.3, -0.25) is 4.79 Å². The standard InChI is InChI=1S/C16H15NO2/c18-13-6-3-5-12(10-13)16(19)17-15-9-8-11-4-1-2-7-14(11)15/h1-7,10,15,18H,8-9H2,(H,17,19). The molecule has 0 radical (unpaired) electrons. The number of fused-ring (bicyclic) bond motifs is 1. The highest BCUT2D eigenvalue weighted by Gasteiger charge is 2.23. The van der Waals surface area contributed by atoms with Crippen LogP contribution < -0.4 is 5.32 Å². The van der Waals surface area contributed by atoms with Crippen LogP contribution in [-0.4, -0.2) is 11.0 Å². The Bertz CT molecular complexity index is 622. The molecule has 1 unspecified atom stereocenters. The lowest BCUT2D eigenvalue weighted by molar-refractivity contribution is 0.0936. The lowest BCUT2D eigenvalue weighted by Crippen LogP contribution is -2.27. The lowest BCUT2D eigenvalue weighted by atomic mass is 10.1. The number of hydrogen-bond acceptors (Lipinski definition) is 2. The first-order chi connectivity index (χ1) is 9.24. The summed E-state index contributed by atoms with van der Waals surface area (Å²) in [6.07, 6.45) is 1.94. The van der Waals surface area contributed by atoms with Crippen LogP contribution in [-0.2, 0) is 6.42 Å². The molecule has 0 fully saturated rings. The average Bonchev–Trinajstić information content (AvgIpc) is 2.82. The van der Waals surface area contributed by atoms with E-state index in [1.54, 1.807) is 18.2 Å². The molecule has 2 aromatic carbocycles. The van der Waals surface area contributed by atoms with E-state index in [0.717, 1.165) is 12.8 Å². The zero-order valence-electron chi connectivity index (χ0n) is 10.5. The third-order valence-electron chi connectivity index (χ3n) is 3.55. The van der Waals surface area contributed by atoms with Gasteiger partial charge in [0.2, 0.25) is 0 Å². The number of carbonyl (C=O) groups is 1. The van der Waals surface area contributed by atoms with E-state index in [-0.39, 0.29) is 17.7 Å². The zero-order valence-corrected chi connectivity index (χ0v) is 10.5. The van der Waals surface area contributed by atoms with Crippen LogP contribution in [0.25, 0.3) is 0 Å². The number of aryl methyl sites for hydroxylation is 1. The van der Waals surface area contributed by atoms with E-state index in [1.165, 1.54) is 17.2 Å². The summed E-state index contributed by atoms with van der Waals surface area (Å²) < 4.78 is 0. The summed E-state index contributed by atoms with van der Waals surface area (Å²) in [7, 11) is 0. The van der Waals surface area contributed by atoms with Gasteiger partial charge in [-0.05, 0) is 42.2 Å². The Morgan fingerprint density at radius 3 is 2.84 bits per heavy atom. The summed E-state index contributed by atoms with van der Waals surface area (Å²) in [5, 5.41) is 12.4. The summed E-state index contributed by atoms with van der Waals surface area (Å²) in [5.74, 6) is -0.0305. The van der Waals surface area contributed by atoms with Crippen molar-refractivity contribution in [2.75, 3.05) is 0 Å². The molecular weight excluding hydrogens is 238 g/mol. The maximum atomic E-state index is 12.1. The van der Waals surface area contributed by atoms with Crippen LogP contribution in [0, 0.1) is 0 Å². The van der Waals surface area contributed by atoms with Crippen molar-refractivity contribution < 1.29 is 9.90 Å². The van der Waals surface area contributed by atoms with Gasteiger partial charge in [0.15, 0.2) is 0 Å². The minimum atomic E-state index is -0.141. The second-order valence-electron chi connectivity index (χ2n) is 4.81. The summed E-state index contributed by atoms with van der Waals surface area (Å²) in [6, 6.07) is 14.7. The molecule has 3 heteroatoms. The minimum Gasteiger partial charge on any atom is -0.508 e. The van der Waals surface area contributed by atoms with Crippen molar-refractivity contribution in [1.82, 2.24) is 5.32 Å². The maximum Gasteiger partial charge on any atom is 0.251 e. The highest BCUT2D eigenvalue weighted by atomic mass is 16.3. The Labute approximate surface area is 111 Å². The van der Waals surface area contributed by atoms with Gasteiger partial charge in [0, 0.05) is 5.56 Å². The number of phenols is 1. The van der Waals surface area contributed by atoms with E-state index in [2.05, 4.69) is 17.4 Å². The van der Waals surface area contributed by atoms with Gasteiger partial charge in [0.05, 0.1) is 6.04 Å². The lowest BCUT2D eigenvalue weighted by Gasteiger charge is -2.14. The molecule has 1 aliphatic carbocycles. The van der Waals surface area contributed by atoms with Gasteiger partial charge < -0.3 is 10.4 Å². The number of rotatable bonds is 2. The second-order valence-corrected chi connectivity index (χ2v) is 4.81. The van der Waals surface area contributed by atoms with E-state index >= 15 is 0 Å². The number of hydrogen-bond donors (Lipinski definition) is 2. The van der Waals surface area contributed by atoms with E-state index in [4.69, 9.17) is 0 Å². The summed E-state index contributed by atoms with van der Waals surface area (Å²) in [5.41, 5.74) is 3.00. The van der Waals surface area contributed by atoms with Gasteiger partial charge in [-0.1, -0.05) is 30.3 Å². The molecule has 1 aliphatic rings. The molecule has 96 valence electrons. The number of amides is 1. The van der Waals surface area contributed by atoms with Crippen molar-refractivity contribution in [3.05, 3.63) is 65.2 Å². The Hall–Kier alpha value is -2.29. The third kappa shape index (κ3) is 2.32. The number of phenolic OH excluding ortho intramolecular Hbond substituents is 1. The van der Waals surface area contributed by atoms with Crippen molar-refractivity contribution in [3.8, 4) is 5.75 Å². The van der Waals surface area contributed by atoms with Crippen molar-refractivity contribution in [2.45, 2.75) is 18.9 Å². The first-order valence-electron chi connectivity index (χ1n) is 6.42. The van der Waals surface area contributed by atoms with Crippen LogP contribution in [0.5, 0.6) is 5.75 Å². The Morgan fingerprint density at radius 1 is 1.16 bits per heavy atom. The van der Waals surface area contributed by atoms with E-state index in [0.29, 0.717) is 5.56 Å². The topological polar surface area (TPSA) is 49.3 Å². The maximum absolute atomic E-state index is 12.1. The van der Waals surface area contributed by atoms with Crippen molar-refractivity contribution in [2.24, 2.45) is 0 Å². The fourth-order valence-electron chi connectivity index (χ4n) is 2.60. The molecule has 2 N–H and O–H groups in total. The molecular formula is C16H15NO2. The third-order valence-corrected chi connectivity index (χ3v) is 3.55. The van der Waals surface area contributed by atoms with Crippen molar-refractivity contribution >= 4 is 5.91 Å². The normalized spacial score (nSPS) is 16.9. The van der Waals surface area contributed by atoms with Gasteiger partial charge in [0.1, 0.15) is 5.75 Å². The fraction of sp³-hybridized carbons (Fsp3) is 0.188.